The van der Waals surface area contributed by atoms with Crippen LogP contribution in [0.5, 0.6) is 11.5 Å². The zero-order valence-electron chi connectivity index (χ0n) is 14.6. The van der Waals surface area contributed by atoms with Crippen LogP contribution in [-0.4, -0.2) is 45.5 Å². The van der Waals surface area contributed by atoms with Gasteiger partial charge in [0, 0.05) is 0 Å². The second-order valence-electron chi connectivity index (χ2n) is 5.57. The summed E-state index contributed by atoms with van der Waals surface area (Å²) in [5.74, 6) is -2.40. The van der Waals surface area contributed by atoms with Crippen molar-refractivity contribution in [2.24, 2.45) is 0 Å². The Bertz CT molecular complexity index is 1100. The molecular formula is C19H14FN3O5. The van der Waals surface area contributed by atoms with Crippen molar-refractivity contribution in [1.82, 2.24) is 15.1 Å². The van der Waals surface area contributed by atoms with Gasteiger partial charge in [0.2, 0.25) is 0 Å². The summed E-state index contributed by atoms with van der Waals surface area (Å²) in [5.41, 5.74) is 5.49. The van der Waals surface area contributed by atoms with E-state index in [0.717, 1.165) is 6.08 Å². The molecule has 3 rings (SSSR count). The number of amides is 1. The Balaban J connectivity index is 2.19. The highest BCUT2D eigenvalue weighted by Crippen LogP contribution is 2.39. The molecule has 28 heavy (non-hydrogen) atoms. The fourth-order valence-corrected chi connectivity index (χ4v) is 2.53. The maximum Gasteiger partial charge on any atom is 0.322 e. The minimum absolute atomic E-state index is 0.112. The first-order chi connectivity index (χ1) is 13.4. The van der Waals surface area contributed by atoms with Gasteiger partial charge >= 0.3 is 5.97 Å². The van der Waals surface area contributed by atoms with E-state index >= 15 is 0 Å². The van der Waals surface area contributed by atoms with Crippen molar-refractivity contribution in [3.8, 4) is 22.8 Å². The van der Waals surface area contributed by atoms with E-state index in [1.54, 1.807) is 12.1 Å². The predicted molar refractivity (Wildman–Crippen MR) is 96.3 cm³/mol. The largest absolute Gasteiger partial charge is 0.507 e. The number of aromatic nitrogens is 2. The Morgan fingerprint density at radius 2 is 2.11 bits per heavy atom. The Kier molecular flexibility index (Phi) is 5.13. The van der Waals surface area contributed by atoms with Gasteiger partial charge in [-0.3, -0.25) is 9.59 Å². The number of aromatic hydroxyl groups is 1. The SMILES string of the molecule is COc1cccc(O)c1-c1cc(C(=O)NCC(=O)O)nn1C1=C=C=C(F)C=C1. The number of phenolic OH excluding ortho intramolecular Hbond substituents is 1. The molecule has 0 saturated heterocycles. The van der Waals surface area contributed by atoms with E-state index in [1.165, 1.54) is 30.0 Å². The van der Waals surface area contributed by atoms with Crippen LogP contribution in [0.25, 0.3) is 17.0 Å². The van der Waals surface area contributed by atoms with Crippen LogP contribution in [0.2, 0.25) is 0 Å². The molecule has 0 atom stereocenters. The van der Waals surface area contributed by atoms with Crippen LogP contribution in [0.15, 0.2) is 53.7 Å². The van der Waals surface area contributed by atoms with Crippen LogP contribution < -0.4 is 10.1 Å². The Morgan fingerprint density at radius 3 is 2.75 bits per heavy atom. The number of allylic oxidation sites excluding steroid dienone is 4. The first-order valence-corrected chi connectivity index (χ1v) is 7.97. The number of hydrogen-bond acceptors (Lipinski definition) is 5. The lowest BCUT2D eigenvalue weighted by molar-refractivity contribution is -0.135. The van der Waals surface area contributed by atoms with Crippen LogP contribution >= 0.6 is 0 Å². The third-order valence-electron chi connectivity index (χ3n) is 3.75. The molecule has 0 spiro atoms. The van der Waals surface area contributed by atoms with Crippen molar-refractivity contribution in [2.45, 2.75) is 0 Å². The standard InChI is InChI=1S/C19H14FN3O5/c1-28-16-4-2-3-15(24)18(16)14-9-13(19(27)21-10-17(25)26)22-23(14)12-7-5-11(20)6-8-12/h2-5,7,9,24H,10H2,1H3,(H,21,27)(H,25,26). The molecule has 3 N–H and O–H groups in total. The summed E-state index contributed by atoms with van der Waals surface area (Å²) in [6.45, 7) is -0.586. The summed E-state index contributed by atoms with van der Waals surface area (Å²) in [7, 11) is 1.41. The zero-order valence-corrected chi connectivity index (χ0v) is 14.6. The smallest absolute Gasteiger partial charge is 0.322 e. The Labute approximate surface area is 158 Å². The third kappa shape index (κ3) is 3.71. The normalized spacial score (nSPS) is 12.4. The zero-order chi connectivity index (χ0) is 20.3. The number of carbonyl (C=O) groups is 2. The average Bonchev–Trinajstić information content (AvgIpc) is 3.11. The number of halogens is 1. The molecule has 142 valence electrons. The van der Waals surface area contributed by atoms with Gasteiger partial charge in [0.1, 0.15) is 23.7 Å². The average molecular weight is 383 g/mol. The predicted octanol–water partition coefficient (Wildman–Crippen LogP) is 2.10. The minimum atomic E-state index is -1.21. The molecule has 0 radical (unpaired) electrons. The first kappa shape index (κ1) is 18.7. The van der Waals surface area contributed by atoms with Gasteiger partial charge in [-0.1, -0.05) is 6.07 Å². The van der Waals surface area contributed by atoms with Crippen LogP contribution in [-0.2, 0) is 4.79 Å². The van der Waals surface area contributed by atoms with Gasteiger partial charge in [-0.05, 0) is 41.8 Å². The molecule has 1 aliphatic carbocycles. The highest BCUT2D eigenvalue weighted by Gasteiger charge is 2.22. The fraction of sp³-hybridized carbons (Fsp3) is 0.105. The monoisotopic (exact) mass is 383 g/mol. The maximum atomic E-state index is 13.2. The van der Waals surface area contributed by atoms with E-state index in [-0.39, 0.29) is 28.4 Å². The molecule has 2 aromatic rings. The molecule has 0 saturated carbocycles. The molecule has 0 aliphatic heterocycles. The van der Waals surface area contributed by atoms with Crippen molar-refractivity contribution in [3.63, 3.8) is 0 Å². The topological polar surface area (TPSA) is 114 Å². The number of benzene rings is 1. The molecule has 1 aliphatic rings. The van der Waals surface area contributed by atoms with E-state index in [2.05, 4.69) is 21.9 Å². The molecule has 8 nitrogen and oxygen atoms in total. The number of phenols is 1. The van der Waals surface area contributed by atoms with Crippen LogP contribution in [0.3, 0.4) is 0 Å². The van der Waals surface area contributed by atoms with Crippen LogP contribution in [0.1, 0.15) is 10.5 Å². The second-order valence-corrected chi connectivity index (χ2v) is 5.57. The fourth-order valence-electron chi connectivity index (χ4n) is 2.53. The van der Waals surface area contributed by atoms with E-state index in [9.17, 15) is 19.1 Å². The summed E-state index contributed by atoms with van der Waals surface area (Å²) in [6, 6.07) is 5.97. The quantitative estimate of drug-likeness (QED) is 0.659. The van der Waals surface area contributed by atoms with Gasteiger partial charge in [-0.15, -0.1) is 0 Å². The highest BCUT2D eigenvalue weighted by molar-refractivity contribution is 5.96. The Hall–Kier alpha value is -4.06. The van der Waals surface area contributed by atoms with Gasteiger partial charge in [-0.25, -0.2) is 4.68 Å². The molecule has 1 amide bonds. The van der Waals surface area contributed by atoms with Crippen LogP contribution in [0.4, 0.5) is 4.39 Å². The number of nitrogens with zero attached hydrogens (tertiary/aromatic N) is 2. The molecule has 0 unspecified atom stereocenters. The summed E-state index contributed by atoms with van der Waals surface area (Å²) in [5, 5.41) is 25.4. The number of carbonyl (C=O) groups excluding carboxylic acids is 1. The second kappa shape index (κ2) is 7.67. The highest BCUT2D eigenvalue weighted by atomic mass is 19.1. The number of methoxy groups -OCH3 is 1. The van der Waals surface area contributed by atoms with Crippen molar-refractivity contribution in [1.29, 1.82) is 0 Å². The third-order valence-corrected chi connectivity index (χ3v) is 3.75. The van der Waals surface area contributed by atoms with Gasteiger partial charge in [0.15, 0.2) is 11.5 Å². The number of ether oxygens (including phenoxy) is 1. The van der Waals surface area contributed by atoms with Gasteiger partial charge in [-0.2, -0.15) is 9.49 Å². The molecule has 1 aromatic heterocycles. The summed E-state index contributed by atoms with van der Waals surface area (Å²) >= 11 is 0. The van der Waals surface area contributed by atoms with Crippen molar-refractivity contribution in [2.75, 3.05) is 13.7 Å². The number of carboxylic acids is 1. The van der Waals surface area contributed by atoms with Gasteiger partial charge in [0.25, 0.3) is 5.91 Å². The number of carboxylic acid groups (broad SMARTS) is 1. The summed E-state index contributed by atoms with van der Waals surface area (Å²) in [6.07, 6.45) is 2.51. The number of hydrogen-bond donors (Lipinski definition) is 3. The molecule has 1 aromatic carbocycles. The minimum Gasteiger partial charge on any atom is -0.507 e. The van der Waals surface area contributed by atoms with Crippen molar-refractivity contribution in [3.05, 3.63) is 59.4 Å². The lowest BCUT2D eigenvalue weighted by Gasteiger charge is -2.12. The molecule has 0 bridgehead atoms. The molecular weight excluding hydrogens is 369 g/mol. The summed E-state index contributed by atoms with van der Waals surface area (Å²) in [4.78, 5) is 22.9. The van der Waals surface area contributed by atoms with Crippen molar-refractivity contribution < 1.29 is 28.9 Å². The molecule has 9 heteroatoms. The van der Waals surface area contributed by atoms with Gasteiger partial charge in [0.05, 0.1) is 18.4 Å². The first-order valence-electron chi connectivity index (χ1n) is 7.97. The molecule has 0 fully saturated rings. The Morgan fingerprint density at radius 1 is 1.32 bits per heavy atom. The number of rotatable bonds is 6. The number of aliphatic carboxylic acids is 1. The van der Waals surface area contributed by atoms with E-state index in [0.29, 0.717) is 5.75 Å². The number of nitrogens with one attached hydrogen (secondary N) is 1. The van der Waals surface area contributed by atoms with Crippen LogP contribution in [0, 0.1) is 0 Å². The van der Waals surface area contributed by atoms with E-state index in [1.807, 2.05) is 0 Å². The van der Waals surface area contributed by atoms with E-state index < -0.39 is 24.2 Å². The van der Waals surface area contributed by atoms with Gasteiger partial charge < -0.3 is 20.3 Å². The lowest BCUT2D eigenvalue weighted by atomic mass is 10.1. The maximum absolute atomic E-state index is 13.2. The van der Waals surface area contributed by atoms with E-state index in [4.69, 9.17) is 9.84 Å². The summed E-state index contributed by atoms with van der Waals surface area (Å²) < 4.78 is 19.8. The van der Waals surface area contributed by atoms with Crippen molar-refractivity contribution >= 4 is 17.6 Å². The lowest BCUT2D eigenvalue weighted by Crippen LogP contribution is -2.29. The molecule has 1 heterocycles.